The lowest BCUT2D eigenvalue weighted by Gasteiger charge is -1.99. The molecule has 0 amide bonds. The SMILES string of the molecule is CC[s+]1c(Cl)nc(C(F)(F)F)c1C(=O)O. The third-order valence-corrected chi connectivity index (χ3v) is 4.20. The van der Waals surface area contributed by atoms with E-state index in [1.165, 1.54) is 0 Å². The molecule has 1 unspecified atom stereocenters. The number of aromatic carboxylic acids is 1. The Bertz CT molecular complexity index is 402. The predicted octanol–water partition coefficient (Wildman–Crippen LogP) is 3.22. The number of thiazole rings is 1. The Balaban J connectivity index is 3.47. The molecule has 1 heterocycles. The van der Waals surface area contributed by atoms with Crippen LogP contribution in [0, 0.1) is 0 Å². The molecule has 0 aliphatic rings. The summed E-state index contributed by atoms with van der Waals surface area (Å²) in [6.07, 6.45) is -4.77. The molecular weight excluding hydrogens is 255 g/mol. The number of nitrogens with zero attached hydrogens (tertiary/aromatic N) is 1. The average molecular weight is 261 g/mol. The molecule has 1 rings (SSSR count). The van der Waals surface area contributed by atoms with Gasteiger partial charge in [-0.25, -0.2) is 4.79 Å². The lowest BCUT2D eigenvalue weighted by atomic mass is 10.3. The van der Waals surface area contributed by atoms with Crippen molar-refractivity contribution in [1.29, 1.82) is 0 Å². The maximum absolute atomic E-state index is 12.4. The molecular formula is C7H6ClF3NO2S+. The molecule has 0 aliphatic carbocycles. The number of hydrogen-bond donors (Lipinski definition) is 1. The van der Waals surface area contributed by atoms with Crippen molar-refractivity contribution in [1.82, 2.24) is 4.98 Å². The zero-order valence-corrected chi connectivity index (χ0v) is 9.00. The molecule has 3 nitrogen and oxygen atoms in total. The van der Waals surface area contributed by atoms with E-state index >= 15 is 0 Å². The van der Waals surface area contributed by atoms with Gasteiger partial charge < -0.3 is 5.11 Å². The smallest absolute Gasteiger partial charge is 0.439 e. The summed E-state index contributed by atoms with van der Waals surface area (Å²) >= 11 is 5.48. The molecule has 0 radical (unpaired) electrons. The summed E-state index contributed by atoms with van der Waals surface area (Å²) in [5.74, 6) is -1.42. The summed E-state index contributed by atoms with van der Waals surface area (Å²) in [4.78, 5) is 13.0. The highest BCUT2D eigenvalue weighted by Crippen LogP contribution is 2.42. The van der Waals surface area contributed by atoms with Crippen LogP contribution in [0.1, 0.15) is 22.3 Å². The van der Waals surface area contributed by atoms with Gasteiger partial charge in [-0.2, -0.15) is 18.2 Å². The third kappa shape index (κ3) is 2.23. The predicted molar refractivity (Wildman–Crippen MR) is 49.4 cm³/mol. The molecule has 1 aromatic heterocycles. The molecule has 0 saturated heterocycles. The fraction of sp³-hybridized carbons (Fsp3) is 0.429. The van der Waals surface area contributed by atoms with E-state index in [0.717, 1.165) is 0 Å². The lowest BCUT2D eigenvalue weighted by molar-refractivity contribution is -0.141. The Hall–Kier alpha value is -0.820. The largest absolute Gasteiger partial charge is 0.474 e. The van der Waals surface area contributed by atoms with Crippen molar-refractivity contribution in [2.75, 3.05) is 0 Å². The van der Waals surface area contributed by atoms with Crippen molar-refractivity contribution in [2.45, 2.75) is 18.9 Å². The molecule has 0 fully saturated rings. The quantitative estimate of drug-likeness (QED) is 0.831. The summed E-state index contributed by atoms with van der Waals surface area (Å²) in [6, 6.07) is 0. The van der Waals surface area contributed by atoms with Gasteiger partial charge in [-0.3, -0.25) is 0 Å². The fourth-order valence-electron chi connectivity index (χ4n) is 1.06. The standard InChI is InChI=1S/C7H5ClF3NO2S/c1-2-15-3(5(13)14)4(7(9,10)11)12-6(15)8/h2H2,1H3/p+1. The van der Waals surface area contributed by atoms with Crippen LogP contribution in [-0.4, -0.2) is 16.1 Å². The summed E-state index contributed by atoms with van der Waals surface area (Å²) in [6.45, 7) is 1.56. The van der Waals surface area contributed by atoms with Crippen molar-refractivity contribution < 1.29 is 23.1 Å². The Morgan fingerprint density at radius 3 is 2.47 bits per heavy atom. The second-order valence-corrected chi connectivity index (χ2v) is 5.26. The molecule has 1 N–H and O–H groups in total. The number of rotatable bonds is 2. The molecule has 0 aliphatic heterocycles. The summed E-state index contributed by atoms with van der Waals surface area (Å²) in [7, 11) is -1.25. The minimum atomic E-state index is -4.77. The van der Waals surface area contributed by atoms with Crippen molar-refractivity contribution in [3.8, 4) is 0 Å². The number of aromatic nitrogens is 1. The van der Waals surface area contributed by atoms with E-state index in [2.05, 4.69) is 4.98 Å². The molecule has 8 heteroatoms. The summed E-state index contributed by atoms with van der Waals surface area (Å²) < 4.78 is 36.8. The van der Waals surface area contributed by atoms with Crippen LogP contribution < -0.4 is 0 Å². The Morgan fingerprint density at radius 1 is 1.60 bits per heavy atom. The van der Waals surface area contributed by atoms with Gasteiger partial charge >= 0.3 is 16.6 Å². The van der Waals surface area contributed by atoms with Gasteiger partial charge in [0.15, 0.2) is 0 Å². The van der Waals surface area contributed by atoms with Gasteiger partial charge in [0.05, 0.1) is 0 Å². The molecule has 84 valence electrons. The van der Waals surface area contributed by atoms with E-state index in [0.29, 0.717) is 0 Å². The molecule has 15 heavy (non-hydrogen) atoms. The number of carboxylic acids is 1. The topological polar surface area (TPSA) is 50.2 Å². The van der Waals surface area contributed by atoms with Gasteiger partial charge in [0.25, 0.3) is 4.88 Å². The maximum atomic E-state index is 12.4. The molecule has 1 aromatic rings. The van der Waals surface area contributed by atoms with Gasteiger partial charge in [-0.1, -0.05) is 0 Å². The van der Waals surface area contributed by atoms with Crippen LogP contribution in [-0.2, 0) is 11.9 Å². The second-order valence-electron chi connectivity index (χ2n) is 2.52. The molecule has 0 spiro atoms. The van der Waals surface area contributed by atoms with E-state index in [9.17, 15) is 18.0 Å². The zero-order chi connectivity index (χ0) is 11.8. The molecule has 0 bridgehead atoms. The first kappa shape index (κ1) is 12.3. The minimum absolute atomic E-state index is 0.198. The van der Waals surface area contributed by atoms with Crippen LogP contribution in [0.3, 0.4) is 0 Å². The minimum Gasteiger partial charge on any atom is -0.474 e. The van der Waals surface area contributed by atoms with Gasteiger partial charge in [0.1, 0.15) is 5.75 Å². The highest BCUT2D eigenvalue weighted by atomic mass is 35.5. The van der Waals surface area contributed by atoms with E-state index in [1.54, 1.807) is 6.92 Å². The van der Waals surface area contributed by atoms with Crippen LogP contribution >= 0.6 is 22.1 Å². The highest BCUT2D eigenvalue weighted by molar-refractivity contribution is 7.35. The lowest BCUT2D eigenvalue weighted by Crippen LogP contribution is -2.11. The van der Waals surface area contributed by atoms with Gasteiger partial charge in [0.2, 0.25) is 5.69 Å². The zero-order valence-electron chi connectivity index (χ0n) is 7.43. The van der Waals surface area contributed by atoms with Crippen molar-refractivity contribution in [2.24, 2.45) is 0 Å². The average Bonchev–Trinajstić information content (AvgIpc) is 2.41. The monoisotopic (exact) mass is 260 g/mol. The van der Waals surface area contributed by atoms with E-state index in [-0.39, 0.29) is 10.2 Å². The van der Waals surface area contributed by atoms with Gasteiger partial charge in [-0.15, -0.1) is 0 Å². The third-order valence-electron chi connectivity index (χ3n) is 1.62. The van der Waals surface area contributed by atoms with E-state index in [4.69, 9.17) is 16.7 Å². The van der Waals surface area contributed by atoms with Crippen LogP contribution in [0.25, 0.3) is 0 Å². The highest BCUT2D eigenvalue weighted by Gasteiger charge is 2.46. The normalized spacial score (nSPS) is 13.0. The second kappa shape index (κ2) is 3.97. The van der Waals surface area contributed by atoms with Gasteiger partial charge in [0, 0.05) is 10.5 Å². The first-order valence-corrected chi connectivity index (χ1v) is 5.56. The summed E-state index contributed by atoms with van der Waals surface area (Å²) in [5.41, 5.74) is -1.38. The number of halogens is 4. The number of carbonyl (C=O) groups is 1. The Morgan fingerprint density at radius 2 is 2.13 bits per heavy atom. The van der Waals surface area contributed by atoms with Crippen LogP contribution in [0.5, 0.6) is 0 Å². The van der Waals surface area contributed by atoms with Gasteiger partial charge in [-0.05, 0) is 18.5 Å². The molecule has 0 aromatic carbocycles. The molecule has 0 saturated carbocycles. The van der Waals surface area contributed by atoms with Crippen molar-refractivity contribution in [3.05, 3.63) is 15.0 Å². The van der Waals surface area contributed by atoms with Crippen molar-refractivity contribution in [3.63, 3.8) is 0 Å². The molecule has 1 atom stereocenters. The van der Waals surface area contributed by atoms with Crippen LogP contribution in [0.2, 0.25) is 4.47 Å². The first-order valence-electron chi connectivity index (χ1n) is 3.78. The number of alkyl halides is 3. The Kier molecular flexibility index (Phi) is 3.25. The summed E-state index contributed by atoms with van der Waals surface area (Å²) in [5, 5.41) is 8.68. The van der Waals surface area contributed by atoms with E-state index < -0.39 is 33.2 Å². The number of hydrogen-bond acceptors (Lipinski definition) is 2. The van der Waals surface area contributed by atoms with Crippen molar-refractivity contribution >= 4 is 28.0 Å². The Labute approximate surface area is 90.5 Å². The van der Waals surface area contributed by atoms with Crippen LogP contribution in [0.4, 0.5) is 13.2 Å². The number of carboxylic acid groups (broad SMARTS) is 1. The fourth-order valence-corrected chi connectivity index (χ4v) is 3.20. The van der Waals surface area contributed by atoms with Crippen LogP contribution in [0.15, 0.2) is 0 Å². The van der Waals surface area contributed by atoms with E-state index in [1.807, 2.05) is 0 Å². The maximum Gasteiger partial charge on any atom is 0.439 e. The first-order chi connectivity index (χ1) is 6.79.